The van der Waals surface area contributed by atoms with E-state index in [0.717, 1.165) is 17.5 Å². The first kappa shape index (κ1) is 11.6. The van der Waals surface area contributed by atoms with Gasteiger partial charge in [0.25, 0.3) is 5.88 Å². The van der Waals surface area contributed by atoms with Gasteiger partial charge in [-0.1, -0.05) is 26.0 Å². The minimum absolute atomic E-state index is 0.354. The van der Waals surface area contributed by atoms with Crippen molar-refractivity contribution in [2.75, 3.05) is 12.3 Å². The Labute approximate surface area is 101 Å². The fraction of sp³-hybridized carbons (Fsp3) is 0.385. The van der Waals surface area contributed by atoms with Gasteiger partial charge < -0.3 is 10.5 Å². The highest BCUT2D eigenvalue weighted by Crippen LogP contribution is 2.20. The van der Waals surface area contributed by atoms with Crippen LogP contribution in [0.1, 0.15) is 20.3 Å². The normalized spacial score (nSPS) is 11.0. The molecule has 4 nitrogen and oxygen atoms in total. The summed E-state index contributed by atoms with van der Waals surface area (Å²) in [6, 6.07) is 7.62. The Hall–Kier alpha value is -1.84. The quantitative estimate of drug-likeness (QED) is 0.878. The Balaban J connectivity index is 2.19. The molecule has 0 unspecified atom stereocenters. The van der Waals surface area contributed by atoms with Crippen molar-refractivity contribution >= 4 is 16.9 Å². The molecular formula is C13H17N3O. The van der Waals surface area contributed by atoms with Crippen LogP contribution in [0.25, 0.3) is 11.0 Å². The highest BCUT2D eigenvalue weighted by Gasteiger charge is 2.06. The Bertz CT molecular complexity index is 511. The van der Waals surface area contributed by atoms with E-state index in [-0.39, 0.29) is 0 Å². The SMILES string of the molecule is CC(C)CCOc1nc2ccccc2nc1N. The fourth-order valence-electron chi connectivity index (χ4n) is 1.50. The number of nitrogen functional groups attached to an aromatic ring is 1. The van der Waals surface area contributed by atoms with Crippen LogP contribution in [0.5, 0.6) is 5.88 Å². The van der Waals surface area contributed by atoms with E-state index in [0.29, 0.717) is 24.2 Å². The first-order valence-corrected chi connectivity index (χ1v) is 5.82. The van der Waals surface area contributed by atoms with Gasteiger partial charge in [-0.05, 0) is 24.5 Å². The molecule has 0 aliphatic rings. The molecular weight excluding hydrogens is 214 g/mol. The highest BCUT2D eigenvalue weighted by atomic mass is 16.5. The largest absolute Gasteiger partial charge is 0.475 e. The van der Waals surface area contributed by atoms with Gasteiger partial charge in [-0.25, -0.2) is 9.97 Å². The lowest BCUT2D eigenvalue weighted by Crippen LogP contribution is -2.06. The number of aromatic nitrogens is 2. The molecule has 0 atom stereocenters. The molecule has 2 rings (SSSR count). The number of anilines is 1. The number of para-hydroxylation sites is 2. The van der Waals surface area contributed by atoms with Crippen LogP contribution in [0.15, 0.2) is 24.3 Å². The average Bonchev–Trinajstić information content (AvgIpc) is 2.29. The number of ether oxygens (including phenoxy) is 1. The highest BCUT2D eigenvalue weighted by molar-refractivity contribution is 5.76. The third-order valence-corrected chi connectivity index (χ3v) is 2.50. The van der Waals surface area contributed by atoms with Gasteiger partial charge in [0.15, 0.2) is 5.82 Å². The molecule has 0 radical (unpaired) electrons. The molecule has 0 amide bonds. The second-order valence-electron chi connectivity index (χ2n) is 4.43. The van der Waals surface area contributed by atoms with E-state index in [1.165, 1.54) is 0 Å². The van der Waals surface area contributed by atoms with Crippen molar-refractivity contribution in [3.8, 4) is 5.88 Å². The summed E-state index contributed by atoms with van der Waals surface area (Å²) in [4.78, 5) is 8.63. The van der Waals surface area contributed by atoms with E-state index in [2.05, 4.69) is 23.8 Å². The van der Waals surface area contributed by atoms with Gasteiger partial charge >= 0.3 is 0 Å². The second-order valence-corrected chi connectivity index (χ2v) is 4.43. The van der Waals surface area contributed by atoms with Crippen molar-refractivity contribution < 1.29 is 4.74 Å². The number of nitrogens with two attached hydrogens (primary N) is 1. The Kier molecular flexibility index (Phi) is 3.42. The lowest BCUT2D eigenvalue weighted by Gasteiger charge is -2.09. The van der Waals surface area contributed by atoms with Crippen molar-refractivity contribution in [3.63, 3.8) is 0 Å². The van der Waals surface area contributed by atoms with Crippen LogP contribution < -0.4 is 10.5 Å². The third-order valence-electron chi connectivity index (χ3n) is 2.50. The first-order chi connectivity index (χ1) is 8.16. The van der Waals surface area contributed by atoms with E-state index in [1.54, 1.807) is 0 Å². The third kappa shape index (κ3) is 2.84. The summed E-state index contributed by atoms with van der Waals surface area (Å²) in [5, 5.41) is 0. The summed E-state index contributed by atoms with van der Waals surface area (Å²) < 4.78 is 5.56. The zero-order valence-electron chi connectivity index (χ0n) is 10.2. The zero-order valence-corrected chi connectivity index (χ0v) is 10.2. The summed E-state index contributed by atoms with van der Waals surface area (Å²) in [5.41, 5.74) is 7.40. The van der Waals surface area contributed by atoms with E-state index in [1.807, 2.05) is 24.3 Å². The van der Waals surface area contributed by atoms with Crippen molar-refractivity contribution in [1.29, 1.82) is 0 Å². The fourth-order valence-corrected chi connectivity index (χ4v) is 1.50. The van der Waals surface area contributed by atoms with Gasteiger partial charge in [-0.15, -0.1) is 0 Å². The minimum atomic E-state index is 0.354. The number of nitrogens with zero attached hydrogens (tertiary/aromatic N) is 2. The number of fused-ring (bicyclic) bond motifs is 1. The monoisotopic (exact) mass is 231 g/mol. The van der Waals surface area contributed by atoms with Gasteiger partial charge in [-0.2, -0.15) is 0 Å². The predicted molar refractivity (Wildman–Crippen MR) is 68.9 cm³/mol. The summed E-state index contributed by atoms with van der Waals surface area (Å²) in [6.07, 6.45) is 0.980. The smallest absolute Gasteiger partial charge is 0.257 e. The van der Waals surface area contributed by atoms with Crippen LogP contribution in [-0.4, -0.2) is 16.6 Å². The van der Waals surface area contributed by atoms with Gasteiger partial charge in [0.05, 0.1) is 17.6 Å². The molecule has 90 valence electrons. The topological polar surface area (TPSA) is 61.0 Å². The van der Waals surface area contributed by atoms with Gasteiger partial charge in [0, 0.05) is 0 Å². The maximum Gasteiger partial charge on any atom is 0.257 e. The molecule has 2 N–H and O–H groups in total. The van der Waals surface area contributed by atoms with Gasteiger partial charge in [0.1, 0.15) is 0 Å². The van der Waals surface area contributed by atoms with Crippen molar-refractivity contribution in [2.45, 2.75) is 20.3 Å². The summed E-state index contributed by atoms with van der Waals surface area (Å²) >= 11 is 0. The van der Waals surface area contributed by atoms with E-state index >= 15 is 0 Å². The molecule has 1 heterocycles. The summed E-state index contributed by atoms with van der Waals surface area (Å²) in [6.45, 7) is 4.92. The van der Waals surface area contributed by atoms with Gasteiger partial charge in [0.2, 0.25) is 0 Å². The van der Waals surface area contributed by atoms with E-state index in [9.17, 15) is 0 Å². The number of rotatable bonds is 4. The Morgan fingerprint density at radius 1 is 1.18 bits per heavy atom. The molecule has 0 fully saturated rings. The molecule has 0 bridgehead atoms. The van der Waals surface area contributed by atoms with E-state index in [4.69, 9.17) is 10.5 Å². The van der Waals surface area contributed by atoms with Crippen molar-refractivity contribution in [2.24, 2.45) is 5.92 Å². The average molecular weight is 231 g/mol. The van der Waals surface area contributed by atoms with Crippen LogP contribution in [-0.2, 0) is 0 Å². The number of hydrogen-bond donors (Lipinski definition) is 1. The molecule has 0 aliphatic carbocycles. The van der Waals surface area contributed by atoms with Crippen LogP contribution in [0.4, 0.5) is 5.82 Å². The second kappa shape index (κ2) is 4.99. The molecule has 17 heavy (non-hydrogen) atoms. The molecule has 0 aliphatic heterocycles. The van der Waals surface area contributed by atoms with Crippen LogP contribution in [0, 0.1) is 5.92 Å². The molecule has 0 saturated carbocycles. The standard InChI is InChI=1S/C13H17N3O/c1-9(2)7-8-17-13-12(14)15-10-5-3-4-6-11(10)16-13/h3-6,9H,7-8H2,1-2H3,(H2,14,15). The Morgan fingerprint density at radius 3 is 2.47 bits per heavy atom. The van der Waals surface area contributed by atoms with E-state index < -0.39 is 0 Å². The summed E-state index contributed by atoms with van der Waals surface area (Å²) in [5.74, 6) is 1.39. The van der Waals surface area contributed by atoms with Crippen LogP contribution in [0.3, 0.4) is 0 Å². The maximum absolute atomic E-state index is 5.80. The van der Waals surface area contributed by atoms with Crippen LogP contribution in [0.2, 0.25) is 0 Å². The summed E-state index contributed by atoms with van der Waals surface area (Å²) in [7, 11) is 0. The number of benzene rings is 1. The lowest BCUT2D eigenvalue weighted by molar-refractivity contribution is 0.281. The molecule has 0 spiro atoms. The molecule has 0 saturated heterocycles. The van der Waals surface area contributed by atoms with Crippen LogP contribution >= 0.6 is 0 Å². The molecule has 4 heteroatoms. The van der Waals surface area contributed by atoms with Crippen molar-refractivity contribution in [3.05, 3.63) is 24.3 Å². The molecule has 2 aromatic rings. The zero-order chi connectivity index (χ0) is 12.3. The van der Waals surface area contributed by atoms with Crippen molar-refractivity contribution in [1.82, 2.24) is 9.97 Å². The lowest BCUT2D eigenvalue weighted by atomic mass is 10.1. The minimum Gasteiger partial charge on any atom is -0.475 e. The maximum atomic E-state index is 5.80. The first-order valence-electron chi connectivity index (χ1n) is 5.82. The Morgan fingerprint density at radius 2 is 1.82 bits per heavy atom. The number of hydrogen-bond acceptors (Lipinski definition) is 4. The van der Waals surface area contributed by atoms with Gasteiger partial charge in [-0.3, -0.25) is 0 Å². The predicted octanol–water partition coefficient (Wildman–Crippen LogP) is 2.64. The molecule has 1 aromatic carbocycles. The molecule has 1 aromatic heterocycles.